The van der Waals surface area contributed by atoms with Gasteiger partial charge in [-0.05, 0) is 19.1 Å². The molecule has 1 N–H and O–H groups in total. The molecule has 0 amide bonds. The van der Waals surface area contributed by atoms with E-state index in [1.165, 1.54) is 12.1 Å². The summed E-state index contributed by atoms with van der Waals surface area (Å²) >= 11 is 0. The van der Waals surface area contributed by atoms with Crippen LogP contribution in [-0.4, -0.2) is 20.2 Å². The summed E-state index contributed by atoms with van der Waals surface area (Å²) in [5, 5.41) is 2.79. The van der Waals surface area contributed by atoms with Crippen LogP contribution in [0.2, 0.25) is 0 Å². The summed E-state index contributed by atoms with van der Waals surface area (Å²) in [6, 6.07) is 5.35. The maximum Gasteiger partial charge on any atom is 0.341 e. The van der Waals surface area contributed by atoms with Gasteiger partial charge in [0.1, 0.15) is 0 Å². The minimum absolute atomic E-state index is 0.153. The maximum atomic E-state index is 12.5. The van der Waals surface area contributed by atoms with Crippen LogP contribution in [0.1, 0.15) is 6.92 Å². The Morgan fingerprint density at radius 3 is 2.47 bits per heavy atom. The normalized spacial score (nSPS) is 13.4. The highest BCUT2D eigenvalue weighted by Crippen LogP contribution is 2.26. The summed E-state index contributed by atoms with van der Waals surface area (Å²) in [5.74, 6) is -3.43. The smallest absolute Gasteiger partial charge is 0.341 e. The Hall–Kier alpha value is -1.43. The van der Waals surface area contributed by atoms with Gasteiger partial charge in [0.15, 0.2) is 0 Å². The van der Waals surface area contributed by atoms with Crippen LogP contribution in [0, 0.1) is 0 Å². The number of anilines is 1. The summed E-state index contributed by atoms with van der Waals surface area (Å²) in [6.07, 6.45) is 1.55. The number of sulfone groups is 1. The molecule has 0 aliphatic rings. The lowest BCUT2D eigenvalue weighted by Crippen LogP contribution is -2.17. The number of hydrogen-bond acceptors (Lipinski definition) is 3. The third kappa shape index (κ3) is 3.03. The summed E-state index contributed by atoms with van der Waals surface area (Å²) in [4.78, 5) is -0.399. The highest BCUT2D eigenvalue weighted by molar-refractivity contribution is 7.91. The summed E-state index contributed by atoms with van der Waals surface area (Å²) in [5.41, 5.74) is 0.153. The standard InChI is InChI=1S/C11H13F2NO2S/c1-3-8(2)14-9-6-4-5-7-10(9)17(15,16)11(12)13/h3-8,11,14H,1H2,2H3. The fraction of sp³-hybridized carbons (Fsp3) is 0.273. The van der Waals surface area contributed by atoms with Crippen molar-refractivity contribution >= 4 is 15.5 Å². The molecular formula is C11H13F2NO2S. The van der Waals surface area contributed by atoms with Crippen LogP contribution < -0.4 is 5.32 Å². The van der Waals surface area contributed by atoms with E-state index in [1.54, 1.807) is 19.1 Å². The van der Waals surface area contributed by atoms with Crippen molar-refractivity contribution in [2.24, 2.45) is 0 Å². The van der Waals surface area contributed by atoms with Crippen LogP contribution in [-0.2, 0) is 9.84 Å². The second kappa shape index (κ2) is 5.27. The predicted molar refractivity (Wildman–Crippen MR) is 62.9 cm³/mol. The fourth-order valence-electron chi connectivity index (χ4n) is 1.23. The minimum Gasteiger partial charge on any atom is -0.378 e. The number of nitrogens with one attached hydrogen (secondary N) is 1. The second-order valence-corrected chi connectivity index (χ2v) is 5.36. The monoisotopic (exact) mass is 261 g/mol. The molecular weight excluding hydrogens is 248 g/mol. The molecule has 0 bridgehead atoms. The first-order chi connectivity index (χ1) is 7.89. The number of benzene rings is 1. The molecule has 0 fully saturated rings. The zero-order chi connectivity index (χ0) is 13.1. The second-order valence-electron chi connectivity index (χ2n) is 3.47. The molecule has 0 spiro atoms. The van der Waals surface area contributed by atoms with Crippen molar-refractivity contribution in [2.75, 3.05) is 5.32 Å². The van der Waals surface area contributed by atoms with Crippen LogP contribution >= 0.6 is 0 Å². The molecule has 1 rings (SSSR count). The number of rotatable bonds is 5. The lowest BCUT2D eigenvalue weighted by molar-refractivity contribution is 0.235. The highest BCUT2D eigenvalue weighted by atomic mass is 32.2. The number of alkyl halides is 2. The molecule has 0 saturated heterocycles. The molecule has 6 heteroatoms. The summed E-state index contributed by atoms with van der Waals surface area (Å²) in [7, 11) is -4.59. The van der Waals surface area contributed by atoms with Crippen LogP contribution in [0.5, 0.6) is 0 Å². The van der Waals surface area contributed by atoms with Crippen LogP contribution in [0.25, 0.3) is 0 Å². The van der Waals surface area contributed by atoms with Crippen molar-refractivity contribution in [1.29, 1.82) is 0 Å². The van der Waals surface area contributed by atoms with Gasteiger partial charge in [-0.3, -0.25) is 0 Å². The Bertz CT molecular complexity index is 500. The van der Waals surface area contributed by atoms with E-state index >= 15 is 0 Å². The molecule has 1 atom stereocenters. The largest absolute Gasteiger partial charge is 0.378 e. The zero-order valence-corrected chi connectivity index (χ0v) is 10.0. The number of halogens is 2. The van der Waals surface area contributed by atoms with Gasteiger partial charge in [-0.2, -0.15) is 8.78 Å². The molecule has 1 unspecified atom stereocenters. The van der Waals surface area contributed by atoms with Crippen molar-refractivity contribution in [1.82, 2.24) is 0 Å². The van der Waals surface area contributed by atoms with Gasteiger partial charge in [0.05, 0.1) is 10.6 Å². The average molecular weight is 261 g/mol. The third-order valence-electron chi connectivity index (χ3n) is 2.16. The number of hydrogen-bond donors (Lipinski definition) is 1. The molecule has 0 radical (unpaired) electrons. The van der Waals surface area contributed by atoms with E-state index in [0.717, 1.165) is 6.07 Å². The quantitative estimate of drug-likeness (QED) is 0.829. The minimum atomic E-state index is -4.59. The first-order valence-corrected chi connectivity index (χ1v) is 6.44. The first kappa shape index (κ1) is 13.6. The van der Waals surface area contributed by atoms with Crippen molar-refractivity contribution in [3.8, 4) is 0 Å². The van der Waals surface area contributed by atoms with Gasteiger partial charge in [0.2, 0.25) is 9.84 Å². The van der Waals surface area contributed by atoms with Gasteiger partial charge in [0, 0.05) is 6.04 Å². The van der Waals surface area contributed by atoms with Crippen LogP contribution in [0.3, 0.4) is 0 Å². The molecule has 0 aromatic heterocycles. The fourth-order valence-corrected chi connectivity index (χ4v) is 2.13. The van der Waals surface area contributed by atoms with Crippen molar-refractivity contribution in [3.63, 3.8) is 0 Å². The summed E-state index contributed by atoms with van der Waals surface area (Å²) in [6.45, 7) is 5.26. The van der Waals surface area contributed by atoms with E-state index in [4.69, 9.17) is 0 Å². The van der Waals surface area contributed by atoms with E-state index in [9.17, 15) is 17.2 Å². The lowest BCUT2D eigenvalue weighted by atomic mass is 10.2. The zero-order valence-electron chi connectivity index (χ0n) is 9.23. The molecule has 0 aliphatic carbocycles. The maximum absolute atomic E-state index is 12.5. The molecule has 1 aromatic carbocycles. The van der Waals surface area contributed by atoms with Gasteiger partial charge >= 0.3 is 5.76 Å². The van der Waals surface area contributed by atoms with Gasteiger partial charge in [-0.25, -0.2) is 8.42 Å². The van der Waals surface area contributed by atoms with Crippen molar-refractivity contribution in [3.05, 3.63) is 36.9 Å². The first-order valence-electron chi connectivity index (χ1n) is 4.89. The predicted octanol–water partition coefficient (Wildman–Crippen LogP) is 2.67. The Morgan fingerprint density at radius 1 is 1.35 bits per heavy atom. The van der Waals surface area contributed by atoms with E-state index in [0.29, 0.717) is 0 Å². The molecule has 94 valence electrons. The van der Waals surface area contributed by atoms with E-state index in [2.05, 4.69) is 11.9 Å². The topological polar surface area (TPSA) is 46.2 Å². The summed E-state index contributed by atoms with van der Waals surface area (Å²) < 4.78 is 47.7. The molecule has 3 nitrogen and oxygen atoms in total. The molecule has 0 saturated carbocycles. The number of para-hydroxylation sites is 1. The Morgan fingerprint density at radius 2 is 1.94 bits per heavy atom. The molecule has 1 aromatic rings. The van der Waals surface area contributed by atoms with E-state index in [-0.39, 0.29) is 11.7 Å². The Labute approximate surface area is 99.1 Å². The Kier molecular flexibility index (Phi) is 4.22. The third-order valence-corrected chi connectivity index (χ3v) is 3.60. The van der Waals surface area contributed by atoms with Crippen molar-refractivity contribution < 1.29 is 17.2 Å². The van der Waals surface area contributed by atoms with Crippen LogP contribution in [0.15, 0.2) is 41.8 Å². The average Bonchev–Trinajstić information content (AvgIpc) is 2.29. The molecule has 0 heterocycles. The molecule has 17 heavy (non-hydrogen) atoms. The van der Waals surface area contributed by atoms with E-state index in [1.807, 2.05) is 0 Å². The van der Waals surface area contributed by atoms with Crippen LogP contribution in [0.4, 0.5) is 14.5 Å². The van der Waals surface area contributed by atoms with Gasteiger partial charge in [-0.15, -0.1) is 6.58 Å². The molecule has 0 aliphatic heterocycles. The van der Waals surface area contributed by atoms with Gasteiger partial charge in [-0.1, -0.05) is 18.2 Å². The lowest BCUT2D eigenvalue weighted by Gasteiger charge is -2.14. The van der Waals surface area contributed by atoms with Crippen molar-refractivity contribution in [2.45, 2.75) is 23.6 Å². The van der Waals surface area contributed by atoms with Gasteiger partial charge < -0.3 is 5.32 Å². The van der Waals surface area contributed by atoms with E-state index < -0.39 is 20.5 Å². The van der Waals surface area contributed by atoms with Gasteiger partial charge in [0.25, 0.3) is 0 Å². The Balaban J connectivity index is 3.21. The highest BCUT2D eigenvalue weighted by Gasteiger charge is 2.29. The SMILES string of the molecule is C=CC(C)Nc1ccccc1S(=O)(=O)C(F)F.